The van der Waals surface area contributed by atoms with Crippen LogP contribution in [0, 0.1) is 11.3 Å². The smallest absolute Gasteiger partial charge is 0.259 e. The number of methoxy groups -OCH3 is 1. The van der Waals surface area contributed by atoms with E-state index >= 15 is 0 Å². The number of benzene rings is 2. The van der Waals surface area contributed by atoms with Crippen molar-refractivity contribution in [3.63, 3.8) is 0 Å². The van der Waals surface area contributed by atoms with E-state index in [0.717, 1.165) is 9.99 Å². The Morgan fingerprint density at radius 3 is 2.43 bits per heavy atom. The molecular weight excluding hydrogens is 495 g/mol. The molecule has 3 rings (SSSR count). The van der Waals surface area contributed by atoms with Crippen LogP contribution in [0.2, 0.25) is 0 Å². The van der Waals surface area contributed by atoms with Gasteiger partial charge in [-0.25, -0.2) is 4.98 Å². The highest BCUT2D eigenvalue weighted by Gasteiger charge is 2.16. The Labute approximate surface area is 187 Å². The van der Waals surface area contributed by atoms with E-state index in [-0.39, 0.29) is 5.56 Å². The van der Waals surface area contributed by atoms with Gasteiger partial charge in [0.15, 0.2) is 0 Å². The zero-order valence-corrected chi connectivity index (χ0v) is 18.1. The molecule has 0 radical (unpaired) electrons. The molecule has 0 aliphatic heterocycles. The zero-order chi connectivity index (χ0) is 21.5. The summed E-state index contributed by atoms with van der Waals surface area (Å²) in [6, 6.07) is 16.6. The van der Waals surface area contributed by atoms with Crippen LogP contribution >= 0.6 is 22.6 Å². The Hall–Kier alpha value is -3.45. The number of nitrogens with zero attached hydrogens (tertiary/aromatic N) is 2. The molecule has 3 aromatic rings. The second-order valence-corrected chi connectivity index (χ2v) is 6.96. The lowest BCUT2D eigenvalue weighted by atomic mass is 10.1. The number of carbonyl (C=O) groups is 2. The van der Waals surface area contributed by atoms with Crippen molar-refractivity contribution in [3.8, 4) is 11.8 Å². The monoisotopic (exact) mass is 512 g/mol. The molecule has 30 heavy (non-hydrogen) atoms. The van der Waals surface area contributed by atoms with Crippen molar-refractivity contribution in [2.45, 2.75) is 4.43 Å². The number of rotatable bonds is 6. The van der Waals surface area contributed by atoms with Crippen molar-refractivity contribution in [1.82, 2.24) is 4.98 Å². The Morgan fingerprint density at radius 2 is 1.83 bits per heavy atom. The van der Waals surface area contributed by atoms with Crippen molar-refractivity contribution < 1.29 is 14.3 Å². The average Bonchev–Trinajstić information content (AvgIpc) is 2.79. The van der Waals surface area contributed by atoms with E-state index < -0.39 is 11.8 Å². The summed E-state index contributed by atoms with van der Waals surface area (Å²) in [7, 11) is 1.50. The van der Waals surface area contributed by atoms with Crippen molar-refractivity contribution >= 4 is 45.9 Å². The molecule has 0 unspecified atom stereocenters. The fourth-order valence-electron chi connectivity index (χ4n) is 2.60. The number of ether oxygens (including phenoxy) is 1. The molecule has 1 heterocycles. The number of amides is 2. The van der Waals surface area contributed by atoms with Gasteiger partial charge in [-0.05, 0) is 54.1 Å². The molecule has 2 aromatic carbocycles. The second kappa shape index (κ2) is 9.84. The van der Waals surface area contributed by atoms with Gasteiger partial charge in [-0.3, -0.25) is 9.59 Å². The first kappa shape index (κ1) is 21.3. The molecule has 0 aliphatic rings. The number of alkyl halides is 1. The molecule has 150 valence electrons. The highest BCUT2D eigenvalue weighted by molar-refractivity contribution is 14.1. The van der Waals surface area contributed by atoms with E-state index in [0.29, 0.717) is 28.4 Å². The van der Waals surface area contributed by atoms with Gasteiger partial charge in [-0.15, -0.1) is 0 Å². The Bertz CT molecular complexity index is 1110. The standard InChI is InChI=1S/C22H17IN4O3/c1-30-17-7-8-19(26-21(28)16-5-2-14(12-24)3-6-16)18(10-17)22(29)27-20-9-4-15(11-23)13-25-20/h2-10,13H,11H2,1H3,(H,26,28)(H,25,27,29). The van der Waals surface area contributed by atoms with Crippen LogP contribution in [0.1, 0.15) is 31.8 Å². The summed E-state index contributed by atoms with van der Waals surface area (Å²) in [6.07, 6.45) is 1.70. The molecule has 0 bridgehead atoms. The van der Waals surface area contributed by atoms with Crippen molar-refractivity contribution in [2.24, 2.45) is 0 Å². The maximum Gasteiger partial charge on any atom is 0.259 e. The van der Waals surface area contributed by atoms with Crippen molar-refractivity contribution in [1.29, 1.82) is 5.26 Å². The van der Waals surface area contributed by atoms with E-state index in [9.17, 15) is 9.59 Å². The highest BCUT2D eigenvalue weighted by Crippen LogP contribution is 2.24. The SMILES string of the molecule is COc1ccc(NC(=O)c2ccc(C#N)cc2)c(C(=O)Nc2ccc(CI)cn2)c1. The minimum atomic E-state index is -0.432. The minimum Gasteiger partial charge on any atom is -0.497 e. The Balaban J connectivity index is 1.84. The maximum atomic E-state index is 12.9. The normalized spacial score (nSPS) is 10.0. The van der Waals surface area contributed by atoms with E-state index in [1.54, 1.807) is 54.7 Å². The predicted molar refractivity (Wildman–Crippen MR) is 122 cm³/mol. The first-order valence-electron chi connectivity index (χ1n) is 8.86. The molecule has 2 N–H and O–H groups in total. The van der Waals surface area contributed by atoms with Crippen LogP contribution in [0.4, 0.5) is 11.5 Å². The number of carbonyl (C=O) groups excluding carboxylic acids is 2. The summed E-state index contributed by atoms with van der Waals surface area (Å²) in [6.45, 7) is 0. The lowest BCUT2D eigenvalue weighted by Crippen LogP contribution is -2.19. The molecule has 0 aliphatic carbocycles. The first-order chi connectivity index (χ1) is 14.5. The lowest BCUT2D eigenvalue weighted by molar-refractivity contribution is 0.102. The molecule has 7 nitrogen and oxygen atoms in total. The lowest BCUT2D eigenvalue weighted by Gasteiger charge is -2.13. The molecule has 0 spiro atoms. The minimum absolute atomic E-state index is 0.233. The van der Waals surface area contributed by atoms with Crippen molar-refractivity contribution in [3.05, 3.63) is 83.0 Å². The van der Waals surface area contributed by atoms with Crippen LogP contribution < -0.4 is 15.4 Å². The van der Waals surface area contributed by atoms with E-state index in [4.69, 9.17) is 10.00 Å². The number of pyridine rings is 1. The van der Waals surface area contributed by atoms with Crippen LogP contribution in [0.25, 0.3) is 0 Å². The third-order valence-electron chi connectivity index (χ3n) is 4.22. The highest BCUT2D eigenvalue weighted by atomic mass is 127. The molecule has 0 saturated carbocycles. The van der Waals surface area contributed by atoms with Gasteiger partial charge in [0, 0.05) is 16.2 Å². The molecule has 1 aromatic heterocycles. The third-order valence-corrected chi connectivity index (χ3v) is 5.10. The van der Waals surface area contributed by atoms with Gasteiger partial charge in [0.25, 0.3) is 11.8 Å². The number of halogens is 1. The summed E-state index contributed by atoms with van der Waals surface area (Å²) in [5.41, 5.74) is 2.43. The average molecular weight is 512 g/mol. The fraction of sp³-hybridized carbons (Fsp3) is 0.0909. The topological polar surface area (TPSA) is 104 Å². The number of anilines is 2. The molecule has 0 atom stereocenters. The van der Waals surface area contributed by atoms with Gasteiger partial charge in [-0.2, -0.15) is 5.26 Å². The van der Waals surface area contributed by atoms with Gasteiger partial charge in [0.05, 0.1) is 30.0 Å². The molecule has 0 fully saturated rings. The summed E-state index contributed by atoms with van der Waals surface area (Å²) in [4.78, 5) is 29.7. The van der Waals surface area contributed by atoms with Gasteiger partial charge in [0.1, 0.15) is 11.6 Å². The summed E-state index contributed by atoms with van der Waals surface area (Å²) >= 11 is 2.23. The van der Waals surface area contributed by atoms with Crippen LogP contribution in [-0.2, 0) is 4.43 Å². The van der Waals surface area contributed by atoms with E-state index in [1.807, 2.05) is 12.1 Å². The van der Waals surface area contributed by atoms with E-state index in [2.05, 4.69) is 38.2 Å². The molecular formula is C22H17IN4O3. The Kier molecular flexibility index (Phi) is 6.98. The summed E-state index contributed by atoms with van der Waals surface area (Å²) in [5.74, 6) is 0.0486. The van der Waals surface area contributed by atoms with Gasteiger partial charge < -0.3 is 15.4 Å². The van der Waals surface area contributed by atoms with E-state index in [1.165, 1.54) is 7.11 Å². The first-order valence-corrected chi connectivity index (χ1v) is 10.4. The summed E-state index contributed by atoms with van der Waals surface area (Å²) in [5, 5.41) is 14.4. The number of aromatic nitrogens is 1. The largest absolute Gasteiger partial charge is 0.497 e. The van der Waals surface area contributed by atoms with Crippen LogP contribution in [0.5, 0.6) is 5.75 Å². The second-order valence-electron chi connectivity index (χ2n) is 6.19. The number of hydrogen-bond acceptors (Lipinski definition) is 5. The Morgan fingerprint density at radius 1 is 1.07 bits per heavy atom. The maximum absolute atomic E-state index is 12.9. The third kappa shape index (κ3) is 5.12. The summed E-state index contributed by atoms with van der Waals surface area (Å²) < 4.78 is 6.04. The van der Waals surface area contributed by atoms with Crippen LogP contribution in [0.15, 0.2) is 60.8 Å². The number of nitriles is 1. The number of hydrogen-bond donors (Lipinski definition) is 2. The predicted octanol–water partition coefficient (Wildman–Crippen LogP) is 4.40. The van der Waals surface area contributed by atoms with Gasteiger partial charge in [0.2, 0.25) is 0 Å². The zero-order valence-electron chi connectivity index (χ0n) is 16.0. The number of nitrogens with one attached hydrogen (secondary N) is 2. The van der Waals surface area contributed by atoms with Gasteiger partial charge in [-0.1, -0.05) is 28.7 Å². The molecule has 0 saturated heterocycles. The fourth-order valence-corrected chi connectivity index (χ4v) is 3.05. The van der Waals surface area contributed by atoms with Crippen molar-refractivity contribution in [2.75, 3.05) is 17.7 Å². The quantitative estimate of drug-likeness (QED) is 0.377. The van der Waals surface area contributed by atoms with Crippen LogP contribution in [-0.4, -0.2) is 23.9 Å². The molecule has 2 amide bonds. The van der Waals surface area contributed by atoms with Crippen LogP contribution in [0.3, 0.4) is 0 Å². The van der Waals surface area contributed by atoms with Gasteiger partial charge >= 0.3 is 0 Å². The molecule has 8 heteroatoms.